The Bertz CT molecular complexity index is 531. The molecule has 2 heteroatoms. The number of benzene rings is 1. The maximum atomic E-state index is 4.57. The van der Waals surface area contributed by atoms with Crippen molar-refractivity contribution in [3.8, 4) is 0 Å². The number of anilines is 1. The zero-order valence-electron chi connectivity index (χ0n) is 10.9. The molecule has 0 amide bonds. The lowest BCUT2D eigenvalue weighted by Crippen LogP contribution is -2.00. The molecule has 0 fully saturated rings. The molecular formula is C16H20N2. The molecule has 0 radical (unpaired) electrons. The molecule has 0 unspecified atom stereocenters. The normalized spacial score (nSPS) is 10.5. The van der Waals surface area contributed by atoms with Crippen molar-refractivity contribution in [3.05, 3.63) is 48.7 Å². The molecule has 0 aliphatic heterocycles. The summed E-state index contributed by atoms with van der Waals surface area (Å²) in [5.41, 5.74) is 2.06. The largest absolute Gasteiger partial charge is 0.344 e. The van der Waals surface area contributed by atoms with E-state index in [1.54, 1.807) is 0 Å². The average Bonchev–Trinajstić information content (AvgIpc) is 2.39. The average molecular weight is 240 g/mol. The molecule has 2 aromatic rings. The molecule has 94 valence electrons. The van der Waals surface area contributed by atoms with E-state index in [0.29, 0.717) is 0 Å². The van der Waals surface area contributed by atoms with Crippen molar-refractivity contribution in [2.75, 3.05) is 5.32 Å². The molecule has 0 saturated heterocycles. The van der Waals surface area contributed by atoms with Crippen LogP contribution in [0, 0.1) is 0 Å². The van der Waals surface area contributed by atoms with Gasteiger partial charge in [0.1, 0.15) is 5.82 Å². The molecule has 2 rings (SSSR count). The van der Waals surface area contributed by atoms with E-state index in [1.807, 2.05) is 24.3 Å². The van der Waals surface area contributed by atoms with Gasteiger partial charge in [0.25, 0.3) is 0 Å². The summed E-state index contributed by atoms with van der Waals surface area (Å²) in [7, 11) is 0. The quantitative estimate of drug-likeness (QED) is 0.738. The minimum atomic E-state index is 0.884. The first-order chi connectivity index (χ1) is 8.79. The van der Waals surface area contributed by atoms with Crippen LogP contribution in [0.15, 0.2) is 48.7 Å². The summed E-state index contributed by atoms with van der Waals surface area (Å²) in [6.07, 6.45) is 4.70. The number of para-hydroxylation sites is 1. The van der Waals surface area contributed by atoms with Crippen LogP contribution >= 0.6 is 0 Å². The van der Waals surface area contributed by atoms with E-state index in [1.165, 1.54) is 24.6 Å². The Labute approximate surface area is 109 Å². The zero-order valence-corrected chi connectivity index (χ0v) is 10.9. The molecule has 0 aliphatic rings. The Morgan fingerprint density at radius 3 is 2.83 bits per heavy atom. The summed E-state index contributed by atoms with van der Waals surface area (Å²) in [6.45, 7) is 6.26. The van der Waals surface area contributed by atoms with Gasteiger partial charge >= 0.3 is 0 Å². The maximum absolute atomic E-state index is 4.57. The fraction of sp³-hybridized carbons (Fsp3) is 0.312. The van der Waals surface area contributed by atoms with Crippen LogP contribution in [0.2, 0.25) is 0 Å². The Kier molecular flexibility index (Phi) is 4.35. The van der Waals surface area contributed by atoms with Gasteiger partial charge in [0.05, 0.1) is 5.52 Å². The van der Waals surface area contributed by atoms with Crippen LogP contribution in [-0.2, 0) is 0 Å². The molecule has 2 nitrogen and oxygen atoms in total. The van der Waals surface area contributed by atoms with E-state index in [0.717, 1.165) is 23.5 Å². The first kappa shape index (κ1) is 12.6. The molecule has 1 N–H and O–H groups in total. The van der Waals surface area contributed by atoms with Crippen LogP contribution in [0.5, 0.6) is 0 Å². The van der Waals surface area contributed by atoms with Crippen molar-refractivity contribution in [1.29, 1.82) is 0 Å². The number of hydrogen-bond donors (Lipinski definition) is 1. The van der Waals surface area contributed by atoms with Gasteiger partial charge in [0.15, 0.2) is 0 Å². The molecule has 1 aromatic carbocycles. The summed E-state index contributed by atoms with van der Waals surface area (Å²) in [6, 6.07) is 12.2. The first-order valence-electron chi connectivity index (χ1n) is 6.60. The highest BCUT2D eigenvalue weighted by Crippen LogP contribution is 2.16. The molecule has 0 aliphatic carbocycles. The number of fused-ring (bicyclic) bond motifs is 1. The predicted octanol–water partition coefficient (Wildman–Crippen LogP) is 4.74. The van der Waals surface area contributed by atoms with Crippen molar-refractivity contribution in [2.45, 2.75) is 32.6 Å². The monoisotopic (exact) mass is 240 g/mol. The van der Waals surface area contributed by atoms with Crippen LogP contribution in [-0.4, -0.2) is 4.98 Å². The molecule has 0 saturated carbocycles. The van der Waals surface area contributed by atoms with Gasteiger partial charge < -0.3 is 5.32 Å². The minimum absolute atomic E-state index is 0.884. The minimum Gasteiger partial charge on any atom is -0.344 e. The van der Waals surface area contributed by atoms with Crippen LogP contribution in [0.4, 0.5) is 5.82 Å². The number of allylic oxidation sites excluding steroid dienone is 1. The van der Waals surface area contributed by atoms with E-state index in [4.69, 9.17) is 0 Å². The number of hydrogen-bond acceptors (Lipinski definition) is 2. The van der Waals surface area contributed by atoms with Gasteiger partial charge in [-0.25, -0.2) is 4.98 Å². The van der Waals surface area contributed by atoms with Crippen LogP contribution < -0.4 is 5.32 Å². The summed E-state index contributed by atoms with van der Waals surface area (Å²) in [5.74, 6) is 0.884. The molecule has 0 bridgehead atoms. The topological polar surface area (TPSA) is 24.9 Å². The highest BCUT2D eigenvalue weighted by molar-refractivity contribution is 5.80. The molecule has 0 atom stereocenters. The third-order valence-electron chi connectivity index (χ3n) is 2.99. The van der Waals surface area contributed by atoms with Crippen LogP contribution in [0.3, 0.4) is 0 Å². The fourth-order valence-corrected chi connectivity index (χ4v) is 1.97. The molecule has 1 heterocycles. The molecule has 1 aromatic heterocycles. The number of aromatic nitrogens is 1. The van der Waals surface area contributed by atoms with E-state index in [2.05, 4.69) is 35.9 Å². The van der Waals surface area contributed by atoms with E-state index in [9.17, 15) is 0 Å². The lowest BCUT2D eigenvalue weighted by molar-refractivity contribution is 0.715. The first-order valence-corrected chi connectivity index (χ1v) is 6.60. The van der Waals surface area contributed by atoms with Gasteiger partial charge in [0.2, 0.25) is 0 Å². The number of nitrogens with zero attached hydrogens (tertiary/aromatic N) is 1. The standard InChI is InChI=1S/C16H20N2/c1-3-4-5-8-13(2)17-16-12-11-14-9-6-7-10-15(14)18-16/h6-7,9-12H,2-5,8H2,1H3,(H,17,18). The summed E-state index contributed by atoms with van der Waals surface area (Å²) in [5, 5.41) is 4.45. The van der Waals surface area contributed by atoms with Crippen molar-refractivity contribution in [2.24, 2.45) is 0 Å². The summed E-state index contributed by atoms with van der Waals surface area (Å²) < 4.78 is 0. The lowest BCUT2D eigenvalue weighted by Gasteiger charge is -2.09. The van der Waals surface area contributed by atoms with Gasteiger partial charge in [-0.2, -0.15) is 0 Å². The Morgan fingerprint density at radius 2 is 2.00 bits per heavy atom. The van der Waals surface area contributed by atoms with Gasteiger partial charge in [-0.05, 0) is 31.0 Å². The Morgan fingerprint density at radius 1 is 1.17 bits per heavy atom. The number of rotatable bonds is 6. The summed E-state index contributed by atoms with van der Waals surface area (Å²) in [4.78, 5) is 4.57. The zero-order chi connectivity index (χ0) is 12.8. The second kappa shape index (κ2) is 6.20. The highest BCUT2D eigenvalue weighted by Gasteiger charge is 1.99. The fourth-order valence-electron chi connectivity index (χ4n) is 1.97. The smallest absolute Gasteiger partial charge is 0.130 e. The van der Waals surface area contributed by atoms with E-state index in [-0.39, 0.29) is 0 Å². The maximum Gasteiger partial charge on any atom is 0.130 e. The third-order valence-corrected chi connectivity index (χ3v) is 2.99. The molecular weight excluding hydrogens is 220 g/mol. The van der Waals surface area contributed by atoms with Gasteiger partial charge in [-0.1, -0.05) is 44.5 Å². The summed E-state index contributed by atoms with van der Waals surface area (Å²) >= 11 is 0. The second-order valence-corrected chi connectivity index (χ2v) is 4.57. The number of unbranched alkanes of at least 4 members (excludes halogenated alkanes) is 2. The van der Waals surface area contributed by atoms with Crippen LogP contribution in [0.1, 0.15) is 32.6 Å². The predicted molar refractivity (Wildman–Crippen MR) is 78.6 cm³/mol. The molecule has 18 heavy (non-hydrogen) atoms. The third kappa shape index (κ3) is 3.33. The van der Waals surface area contributed by atoms with Crippen molar-refractivity contribution in [1.82, 2.24) is 4.98 Å². The van der Waals surface area contributed by atoms with Crippen molar-refractivity contribution >= 4 is 16.7 Å². The SMILES string of the molecule is C=C(CCCCC)Nc1ccc2ccccc2n1. The van der Waals surface area contributed by atoms with Crippen LogP contribution in [0.25, 0.3) is 10.9 Å². The number of nitrogens with one attached hydrogen (secondary N) is 1. The van der Waals surface area contributed by atoms with Crippen molar-refractivity contribution < 1.29 is 0 Å². The lowest BCUT2D eigenvalue weighted by atomic mass is 10.2. The Hall–Kier alpha value is -1.83. The van der Waals surface area contributed by atoms with Crippen molar-refractivity contribution in [3.63, 3.8) is 0 Å². The highest BCUT2D eigenvalue weighted by atomic mass is 15.0. The van der Waals surface area contributed by atoms with E-state index >= 15 is 0 Å². The molecule has 0 spiro atoms. The second-order valence-electron chi connectivity index (χ2n) is 4.57. The van der Waals surface area contributed by atoms with Gasteiger partial charge in [-0.15, -0.1) is 0 Å². The van der Waals surface area contributed by atoms with Gasteiger partial charge in [0, 0.05) is 11.1 Å². The van der Waals surface area contributed by atoms with Gasteiger partial charge in [-0.3, -0.25) is 0 Å². The Balaban J connectivity index is 2.01. The number of pyridine rings is 1. The van der Waals surface area contributed by atoms with E-state index < -0.39 is 0 Å².